The molecule has 0 aliphatic heterocycles. The van der Waals surface area contributed by atoms with E-state index >= 15 is 0 Å². The van der Waals surface area contributed by atoms with Crippen LogP contribution in [0.5, 0.6) is 0 Å². The molecule has 3 nitrogen and oxygen atoms in total. The van der Waals surface area contributed by atoms with Gasteiger partial charge in [-0.15, -0.1) is 0 Å². The molecule has 0 bridgehead atoms. The molecule has 0 saturated heterocycles. The third-order valence-corrected chi connectivity index (χ3v) is 0. The molecule has 0 aliphatic rings. The molecule has 0 rings (SSSR count). The van der Waals surface area contributed by atoms with Gasteiger partial charge in [0.15, 0.2) is 0 Å². The Morgan fingerprint density at radius 1 is 1.50 bits per heavy atom. The summed E-state index contributed by atoms with van der Waals surface area (Å²) < 4.78 is 25.5. The predicted octanol–water partition coefficient (Wildman–Crippen LogP) is -1.20. The Morgan fingerprint density at radius 3 is 1.50 bits per heavy atom. The molecule has 0 atom stereocenters. The van der Waals surface area contributed by atoms with Gasteiger partial charge in [0.2, 0.25) is 0 Å². The van der Waals surface area contributed by atoms with Crippen LogP contribution in [0.3, 0.4) is 0 Å². The van der Waals surface area contributed by atoms with Crippen LogP contribution in [0.1, 0.15) is 0 Å². The number of hydrogen-bond donors (Lipinski definition) is 2. The minimum absolute atomic E-state index is 0. The van der Waals surface area contributed by atoms with Gasteiger partial charge in [0.05, 0.1) is 0 Å². The Morgan fingerprint density at radius 2 is 1.50 bits per heavy atom. The van der Waals surface area contributed by atoms with Crippen molar-refractivity contribution >= 4 is 69.7 Å². The summed E-state index contributed by atoms with van der Waals surface area (Å²) in [5.74, 6) is 0. The Kier molecular flexibility index (Phi) is 6.78. The van der Waals surface area contributed by atoms with E-state index in [1.165, 1.54) is 0 Å². The summed E-state index contributed by atoms with van der Waals surface area (Å²) in [6.07, 6.45) is 0. The molecular formula is H4BaO3S2. The summed E-state index contributed by atoms with van der Waals surface area (Å²) in [7, 11) is -3.97. The molecule has 0 spiro atoms. The average molecular weight is 253 g/mol. The van der Waals surface area contributed by atoms with Crippen molar-refractivity contribution in [3.8, 4) is 0 Å². The summed E-state index contributed by atoms with van der Waals surface area (Å²) >= 11 is 2.65. The number of hydrogen-bond acceptors (Lipinski definition) is 2. The van der Waals surface area contributed by atoms with Crippen molar-refractivity contribution in [3.63, 3.8) is 0 Å². The average Bonchev–Trinajstić information content (AvgIpc) is 0.722. The Balaban J connectivity index is 0. The molecule has 0 saturated carbocycles. The van der Waals surface area contributed by atoms with E-state index in [0.29, 0.717) is 0 Å². The van der Waals surface area contributed by atoms with Crippen molar-refractivity contribution in [3.05, 3.63) is 0 Å². The van der Waals surface area contributed by atoms with Gasteiger partial charge in [-0.25, -0.2) is 0 Å². The third-order valence-electron chi connectivity index (χ3n) is 0. The molecule has 6 heavy (non-hydrogen) atoms. The molecule has 0 unspecified atom stereocenters. The molecular weight excluding hydrogens is 249 g/mol. The van der Waals surface area contributed by atoms with Crippen LogP contribution in [0, 0.1) is 0 Å². The quantitative estimate of drug-likeness (QED) is 0.247. The summed E-state index contributed by atoms with van der Waals surface area (Å²) in [6, 6.07) is 0. The fraction of sp³-hybridized carbons (Fsp3) is 0. The van der Waals surface area contributed by atoms with E-state index in [1.807, 2.05) is 0 Å². The molecule has 0 amide bonds. The number of rotatable bonds is 0. The molecule has 1 N–H and O–H groups in total. The second-order valence-electron chi connectivity index (χ2n) is 0.448. The number of thiol groups is 1. The summed E-state index contributed by atoms with van der Waals surface area (Å²) in [5.41, 5.74) is 0. The first kappa shape index (κ1) is 10.7. The zero-order valence-electron chi connectivity index (χ0n) is 2.12. The molecule has 6 heteroatoms. The fourth-order valence-electron chi connectivity index (χ4n) is 0. The van der Waals surface area contributed by atoms with Crippen molar-refractivity contribution < 1.29 is 13.0 Å². The van der Waals surface area contributed by atoms with E-state index in [4.69, 9.17) is 13.0 Å². The van der Waals surface area contributed by atoms with Crippen LogP contribution in [0.2, 0.25) is 0 Å². The van der Waals surface area contributed by atoms with Gasteiger partial charge in [0, 0.05) is 0 Å². The Labute approximate surface area is 81.1 Å². The Hall–Kier alpha value is 1.83. The predicted molar refractivity (Wildman–Crippen MR) is 29.1 cm³/mol. The van der Waals surface area contributed by atoms with E-state index in [2.05, 4.69) is 11.7 Å². The van der Waals surface area contributed by atoms with Crippen molar-refractivity contribution in [2.24, 2.45) is 0 Å². The normalized spacial score (nSPS) is 9.67. The molecule has 0 aromatic rings. The minimum atomic E-state index is -3.97. The van der Waals surface area contributed by atoms with Crippen LogP contribution in [0.4, 0.5) is 0 Å². The maximum atomic E-state index is 9.05. The maximum absolute atomic E-state index is 9.05. The molecule has 0 fully saturated rings. The van der Waals surface area contributed by atoms with Crippen LogP contribution in [0.15, 0.2) is 0 Å². The van der Waals surface area contributed by atoms with Gasteiger partial charge in [0.1, 0.15) is 0 Å². The molecule has 0 aliphatic carbocycles. The first-order valence-corrected chi connectivity index (χ1v) is 3.19. The van der Waals surface area contributed by atoms with Gasteiger partial charge in [-0.05, 0) is 11.7 Å². The van der Waals surface area contributed by atoms with Crippen LogP contribution in [0.25, 0.3) is 0 Å². The molecule has 0 radical (unpaired) electrons. The van der Waals surface area contributed by atoms with Gasteiger partial charge in [-0.2, -0.15) is 8.42 Å². The van der Waals surface area contributed by atoms with E-state index in [1.54, 1.807) is 0 Å². The van der Waals surface area contributed by atoms with Crippen LogP contribution in [-0.4, -0.2) is 61.9 Å². The van der Waals surface area contributed by atoms with E-state index in [-0.39, 0.29) is 48.9 Å². The van der Waals surface area contributed by atoms with Crippen LogP contribution in [-0.2, 0) is 9.15 Å². The van der Waals surface area contributed by atoms with Crippen molar-refractivity contribution in [1.29, 1.82) is 0 Å². The van der Waals surface area contributed by atoms with Crippen LogP contribution < -0.4 is 0 Å². The zero-order valence-corrected chi connectivity index (χ0v) is 3.83. The molecule has 0 aromatic heterocycles. The van der Waals surface area contributed by atoms with E-state index in [0.717, 1.165) is 0 Å². The fourth-order valence-corrected chi connectivity index (χ4v) is 0. The van der Waals surface area contributed by atoms with Gasteiger partial charge in [-0.1, -0.05) is 0 Å². The van der Waals surface area contributed by atoms with Gasteiger partial charge >= 0.3 is 58.0 Å². The first-order valence-electron chi connectivity index (χ1n) is 0.698. The summed E-state index contributed by atoms with van der Waals surface area (Å²) in [6.45, 7) is 0. The van der Waals surface area contributed by atoms with Gasteiger partial charge < -0.3 is 0 Å². The van der Waals surface area contributed by atoms with Gasteiger partial charge in [0.25, 0.3) is 0 Å². The standard InChI is InChI=1S/Ba.H2O3S2.2H/c;1-5(2,3)4;;/h;(H2,1,2,3,4);;. The zero-order chi connectivity index (χ0) is 4.50. The van der Waals surface area contributed by atoms with E-state index in [9.17, 15) is 0 Å². The van der Waals surface area contributed by atoms with Crippen molar-refractivity contribution in [2.45, 2.75) is 0 Å². The van der Waals surface area contributed by atoms with Crippen molar-refractivity contribution in [1.82, 2.24) is 0 Å². The molecule has 0 aromatic carbocycles. The summed E-state index contributed by atoms with van der Waals surface area (Å²) in [5, 5.41) is 0. The first-order chi connectivity index (χ1) is 2.00. The SMILES string of the molecule is O=S(=O)(O)S.[BaH2]. The second kappa shape index (κ2) is 3.79. The van der Waals surface area contributed by atoms with Gasteiger partial charge in [-0.3, -0.25) is 4.55 Å². The van der Waals surface area contributed by atoms with Crippen LogP contribution >= 0.6 is 11.7 Å². The topological polar surface area (TPSA) is 54.4 Å². The summed E-state index contributed by atoms with van der Waals surface area (Å²) in [4.78, 5) is 0. The second-order valence-corrected chi connectivity index (χ2v) is 2.73. The van der Waals surface area contributed by atoms with E-state index < -0.39 is 9.15 Å². The molecule has 36 valence electrons. The monoisotopic (exact) mass is 254 g/mol. The third kappa shape index (κ3) is 40.6. The van der Waals surface area contributed by atoms with Crippen molar-refractivity contribution in [2.75, 3.05) is 0 Å². The molecule has 0 heterocycles. The Bertz CT molecular complexity index is 92.0.